The van der Waals surface area contributed by atoms with Gasteiger partial charge in [0.25, 0.3) is 0 Å². The van der Waals surface area contributed by atoms with Gasteiger partial charge in [0, 0.05) is 10.7 Å². The molecule has 0 saturated heterocycles. The van der Waals surface area contributed by atoms with E-state index < -0.39 is 22.0 Å². The molecule has 0 heterocycles. The van der Waals surface area contributed by atoms with Crippen molar-refractivity contribution in [2.24, 2.45) is 0 Å². The summed E-state index contributed by atoms with van der Waals surface area (Å²) in [5.41, 5.74) is 0.619. The molecule has 0 fully saturated rings. The Morgan fingerprint density at radius 2 is 1.58 bits per heavy atom. The number of halogens is 2. The van der Waals surface area contributed by atoms with E-state index in [9.17, 15) is 13.2 Å². The lowest BCUT2D eigenvalue weighted by molar-refractivity contribution is -0.116. The molecule has 3 aromatic carbocycles. The van der Waals surface area contributed by atoms with Crippen molar-refractivity contribution in [2.45, 2.75) is 13.0 Å². The van der Waals surface area contributed by atoms with Gasteiger partial charge in [0.2, 0.25) is 15.9 Å². The molecule has 0 radical (unpaired) electrons. The van der Waals surface area contributed by atoms with Crippen LogP contribution < -0.4 is 14.4 Å². The zero-order valence-corrected chi connectivity index (χ0v) is 19.1. The molecule has 3 aromatic rings. The summed E-state index contributed by atoms with van der Waals surface area (Å²) in [7, 11) is -3.83. The van der Waals surface area contributed by atoms with Gasteiger partial charge in [-0.15, -0.1) is 0 Å². The number of ether oxygens (including phenoxy) is 1. The van der Waals surface area contributed by atoms with Gasteiger partial charge >= 0.3 is 0 Å². The summed E-state index contributed by atoms with van der Waals surface area (Å²) in [4.78, 5) is 12.8. The number of amides is 1. The third-order valence-corrected chi connectivity index (χ3v) is 6.12. The van der Waals surface area contributed by atoms with E-state index >= 15 is 0 Å². The number of sulfonamides is 1. The second kappa shape index (κ2) is 9.60. The van der Waals surface area contributed by atoms with E-state index in [-0.39, 0.29) is 10.7 Å². The number of para-hydroxylation sites is 1. The molecule has 0 saturated carbocycles. The van der Waals surface area contributed by atoms with Crippen LogP contribution in [0.3, 0.4) is 0 Å². The number of hydrogen-bond acceptors (Lipinski definition) is 4. The highest BCUT2D eigenvalue weighted by atomic mass is 35.5. The maximum Gasteiger partial charge on any atom is 0.247 e. The first kappa shape index (κ1) is 22.9. The van der Waals surface area contributed by atoms with E-state index in [1.165, 1.54) is 25.1 Å². The molecule has 0 aliphatic carbocycles. The highest BCUT2D eigenvalue weighted by Gasteiger charge is 2.30. The molecule has 162 valence electrons. The molecule has 1 amide bonds. The average molecular weight is 479 g/mol. The maximum absolute atomic E-state index is 12.8. The fourth-order valence-corrected chi connectivity index (χ4v) is 4.52. The Balaban J connectivity index is 1.77. The Bertz CT molecular complexity index is 1170. The molecule has 1 atom stereocenters. The minimum absolute atomic E-state index is 0.130. The molecule has 0 spiro atoms. The van der Waals surface area contributed by atoms with Gasteiger partial charge < -0.3 is 10.1 Å². The highest BCUT2D eigenvalue weighted by molar-refractivity contribution is 7.92. The molecule has 0 bridgehead atoms. The monoisotopic (exact) mass is 478 g/mol. The predicted octanol–water partition coefficient (Wildman–Crippen LogP) is 5.58. The highest BCUT2D eigenvalue weighted by Crippen LogP contribution is 2.32. The first-order chi connectivity index (χ1) is 14.6. The van der Waals surface area contributed by atoms with Crippen LogP contribution in [-0.2, 0) is 14.8 Å². The minimum Gasteiger partial charge on any atom is -0.457 e. The first-order valence-corrected chi connectivity index (χ1v) is 11.8. The van der Waals surface area contributed by atoms with Crippen molar-refractivity contribution in [1.82, 2.24) is 0 Å². The van der Waals surface area contributed by atoms with E-state index in [1.54, 1.807) is 24.3 Å². The van der Waals surface area contributed by atoms with Crippen molar-refractivity contribution in [2.75, 3.05) is 15.9 Å². The van der Waals surface area contributed by atoms with E-state index in [0.717, 1.165) is 10.6 Å². The van der Waals surface area contributed by atoms with Crippen LogP contribution in [0.5, 0.6) is 11.5 Å². The van der Waals surface area contributed by atoms with Crippen molar-refractivity contribution in [3.63, 3.8) is 0 Å². The van der Waals surface area contributed by atoms with E-state index in [0.29, 0.717) is 22.2 Å². The zero-order chi connectivity index (χ0) is 22.6. The summed E-state index contributed by atoms with van der Waals surface area (Å²) < 4.78 is 31.6. The number of nitrogens with zero attached hydrogens (tertiary/aromatic N) is 1. The number of anilines is 2. The van der Waals surface area contributed by atoms with Crippen LogP contribution in [0.25, 0.3) is 0 Å². The fourth-order valence-electron chi connectivity index (χ4n) is 2.91. The smallest absolute Gasteiger partial charge is 0.247 e. The Labute approximate surface area is 191 Å². The summed E-state index contributed by atoms with van der Waals surface area (Å²) in [5, 5.41) is 3.18. The normalized spacial score (nSPS) is 12.1. The number of hydrogen-bond donors (Lipinski definition) is 1. The van der Waals surface area contributed by atoms with Gasteiger partial charge in [0.1, 0.15) is 17.5 Å². The topological polar surface area (TPSA) is 75.7 Å². The van der Waals surface area contributed by atoms with E-state index in [1.807, 2.05) is 30.3 Å². The van der Waals surface area contributed by atoms with Gasteiger partial charge in [-0.3, -0.25) is 9.10 Å². The van der Waals surface area contributed by atoms with Crippen molar-refractivity contribution in [3.05, 3.63) is 82.8 Å². The zero-order valence-electron chi connectivity index (χ0n) is 16.7. The first-order valence-electron chi connectivity index (χ1n) is 9.23. The summed E-state index contributed by atoms with van der Waals surface area (Å²) in [6.45, 7) is 1.47. The lowest BCUT2D eigenvalue weighted by Crippen LogP contribution is -2.45. The molecular weight excluding hydrogens is 459 g/mol. The third-order valence-electron chi connectivity index (χ3n) is 4.33. The Morgan fingerprint density at radius 3 is 2.19 bits per heavy atom. The number of nitrogens with one attached hydrogen (secondary N) is 1. The molecule has 0 unspecified atom stereocenters. The molecule has 31 heavy (non-hydrogen) atoms. The predicted molar refractivity (Wildman–Crippen MR) is 125 cm³/mol. The maximum atomic E-state index is 12.8. The molecule has 3 rings (SSSR count). The largest absolute Gasteiger partial charge is 0.457 e. The van der Waals surface area contributed by atoms with Crippen LogP contribution in [0.4, 0.5) is 11.4 Å². The lowest BCUT2D eigenvalue weighted by atomic mass is 10.2. The Kier molecular flexibility index (Phi) is 7.10. The molecule has 9 heteroatoms. The average Bonchev–Trinajstić information content (AvgIpc) is 2.72. The quantitative estimate of drug-likeness (QED) is 0.480. The van der Waals surface area contributed by atoms with Crippen LogP contribution in [-0.4, -0.2) is 26.6 Å². The standard InChI is InChI=1S/C22H20Cl2N2O4S/c1-15(26(31(2,28)29)21-14-16(23)8-13-20(21)24)22(27)25-17-9-11-19(12-10-17)30-18-6-4-3-5-7-18/h3-15H,1-2H3,(H,25,27)/t15-/m1/s1. The molecule has 1 N–H and O–H groups in total. The van der Waals surface area contributed by atoms with Gasteiger partial charge in [0.15, 0.2) is 0 Å². The summed E-state index contributed by atoms with van der Waals surface area (Å²) >= 11 is 12.2. The minimum atomic E-state index is -3.83. The molecule has 6 nitrogen and oxygen atoms in total. The molecule has 0 aromatic heterocycles. The van der Waals surface area contributed by atoms with Crippen LogP contribution in [0.1, 0.15) is 6.92 Å². The summed E-state index contributed by atoms with van der Waals surface area (Å²) in [6.07, 6.45) is 1.00. The molecule has 0 aliphatic heterocycles. The third kappa shape index (κ3) is 5.91. The summed E-state index contributed by atoms with van der Waals surface area (Å²) in [6, 6.07) is 19.4. The molecular formula is C22H20Cl2N2O4S. The van der Waals surface area contributed by atoms with Crippen molar-refractivity contribution in [1.29, 1.82) is 0 Å². The fraction of sp³-hybridized carbons (Fsp3) is 0.136. The lowest BCUT2D eigenvalue weighted by Gasteiger charge is -2.29. The SMILES string of the molecule is C[C@H](C(=O)Nc1ccc(Oc2ccccc2)cc1)N(c1cc(Cl)ccc1Cl)S(C)(=O)=O. The van der Waals surface area contributed by atoms with E-state index in [4.69, 9.17) is 27.9 Å². The molecule has 0 aliphatic rings. The van der Waals surface area contributed by atoms with Crippen LogP contribution >= 0.6 is 23.2 Å². The van der Waals surface area contributed by atoms with Gasteiger partial charge in [-0.1, -0.05) is 41.4 Å². The number of rotatable bonds is 7. The van der Waals surface area contributed by atoms with Crippen molar-refractivity contribution < 1.29 is 17.9 Å². The second-order valence-corrected chi connectivity index (χ2v) is 9.46. The number of benzene rings is 3. The second-order valence-electron chi connectivity index (χ2n) is 6.76. The number of carbonyl (C=O) groups is 1. The Hall–Kier alpha value is -2.74. The van der Waals surface area contributed by atoms with Crippen LogP contribution in [0.15, 0.2) is 72.8 Å². The van der Waals surface area contributed by atoms with Crippen LogP contribution in [0.2, 0.25) is 10.0 Å². The van der Waals surface area contributed by atoms with Gasteiger partial charge in [-0.05, 0) is 61.5 Å². The van der Waals surface area contributed by atoms with Crippen molar-refractivity contribution in [3.8, 4) is 11.5 Å². The van der Waals surface area contributed by atoms with Gasteiger partial charge in [0.05, 0.1) is 17.0 Å². The van der Waals surface area contributed by atoms with Gasteiger partial charge in [-0.2, -0.15) is 0 Å². The van der Waals surface area contributed by atoms with E-state index in [2.05, 4.69) is 5.32 Å². The Morgan fingerprint density at radius 1 is 0.968 bits per heavy atom. The van der Waals surface area contributed by atoms with Crippen LogP contribution in [0, 0.1) is 0 Å². The van der Waals surface area contributed by atoms with Gasteiger partial charge in [-0.25, -0.2) is 8.42 Å². The summed E-state index contributed by atoms with van der Waals surface area (Å²) in [5.74, 6) is 0.758. The van der Waals surface area contributed by atoms with Crippen molar-refractivity contribution >= 4 is 50.5 Å². The number of carbonyl (C=O) groups excluding carboxylic acids is 1.